The molecule has 7 nitrogen and oxygen atoms in total. The molecule has 2 aromatic carbocycles. The van der Waals surface area contributed by atoms with Crippen molar-refractivity contribution in [1.82, 2.24) is 10.6 Å². The Morgan fingerprint density at radius 3 is 2.62 bits per heavy atom. The second kappa shape index (κ2) is 12.8. The zero-order valence-electron chi connectivity index (χ0n) is 15.8. The molecule has 0 aromatic heterocycles. The summed E-state index contributed by atoms with van der Waals surface area (Å²) in [5.74, 6) is -0.908. The van der Waals surface area contributed by atoms with E-state index in [0.717, 1.165) is 17.7 Å². The first kappa shape index (κ1) is 24.4. The predicted molar refractivity (Wildman–Crippen MR) is 117 cm³/mol. The number of guanidine groups is 1. The largest absolute Gasteiger partial charge is 0.489 e. The molecular weight excluding hydrogens is 497 g/mol. The van der Waals surface area contributed by atoms with E-state index >= 15 is 0 Å². The Morgan fingerprint density at radius 2 is 1.93 bits per heavy atom. The zero-order valence-corrected chi connectivity index (χ0v) is 18.1. The molecule has 0 aliphatic heterocycles. The van der Waals surface area contributed by atoms with Crippen molar-refractivity contribution in [3.63, 3.8) is 0 Å². The summed E-state index contributed by atoms with van der Waals surface area (Å²) in [6.07, 6.45) is 0. The van der Waals surface area contributed by atoms with Crippen molar-refractivity contribution in [3.05, 3.63) is 59.7 Å². The predicted octanol–water partition coefficient (Wildman–Crippen LogP) is 2.19. The van der Waals surface area contributed by atoms with E-state index in [9.17, 15) is 13.6 Å². The van der Waals surface area contributed by atoms with Crippen LogP contribution in [0, 0.1) is 11.6 Å². The lowest BCUT2D eigenvalue weighted by atomic mass is 10.2. The number of nitrogens with two attached hydrogens (primary N) is 1. The van der Waals surface area contributed by atoms with Crippen LogP contribution >= 0.6 is 24.0 Å². The van der Waals surface area contributed by atoms with E-state index in [1.165, 1.54) is 6.07 Å². The maximum absolute atomic E-state index is 13.5. The van der Waals surface area contributed by atoms with Crippen molar-refractivity contribution in [2.45, 2.75) is 6.54 Å². The summed E-state index contributed by atoms with van der Waals surface area (Å²) in [5.41, 5.74) is 5.97. The standard InChI is InChI=1S/C19H22F2N4O3.HI/c1-23-19(24-7-8-27-17-6-5-14(20)10-16(17)21)25-11-13-3-2-4-15(9-13)28-12-18(22)26;/h2-6,9-10H,7-8,11-12H2,1H3,(H2,22,26)(H2,23,24,25);1H. The molecule has 10 heteroatoms. The molecule has 29 heavy (non-hydrogen) atoms. The van der Waals surface area contributed by atoms with Gasteiger partial charge in [0.2, 0.25) is 0 Å². The quantitative estimate of drug-likeness (QED) is 0.204. The molecule has 0 fully saturated rings. The van der Waals surface area contributed by atoms with Crippen LogP contribution in [0.25, 0.3) is 0 Å². The van der Waals surface area contributed by atoms with Crippen LogP contribution in [0.2, 0.25) is 0 Å². The van der Waals surface area contributed by atoms with Crippen LogP contribution in [0.15, 0.2) is 47.5 Å². The van der Waals surface area contributed by atoms with Crippen LogP contribution in [0.5, 0.6) is 11.5 Å². The van der Waals surface area contributed by atoms with Crippen molar-refractivity contribution in [2.24, 2.45) is 10.7 Å². The number of halogens is 3. The number of nitrogens with one attached hydrogen (secondary N) is 2. The van der Waals surface area contributed by atoms with Gasteiger partial charge in [0.05, 0.1) is 6.54 Å². The Morgan fingerprint density at radius 1 is 1.14 bits per heavy atom. The number of aliphatic imine (C=N–C) groups is 1. The molecule has 0 unspecified atom stereocenters. The highest BCUT2D eigenvalue weighted by Gasteiger charge is 2.05. The molecule has 1 amide bonds. The third-order valence-electron chi connectivity index (χ3n) is 3.51. The van der Waals surface area contributed by atoms with Gasteiger partial charge in [-0.05, 0) is 29.8 Å². The third-order valence-corrected chi connectivity index (χ3v) is 3.51. The summed E-state index contributed by atoms with van der Waals surface area (Å²) in [6, 6.07) is 10.3. The number of rotatable bonds is 9. The summed E-state index contributed by atoms with van der Waals surface area (Å²) < 4.78 is 36.9. The molecule has 0 atom stereocenters. The van der Waals surface area contributed by atoms with E-state index in [2.05, 4.69) is 15.6 Å². The molecular formula is C19H23F2IN4O3. The van der Waals surface area contributed by atoms with E-state index in [0.29, 0.717) is 24.8 Å². The molecule has 0 aliphatic carbocycles. The first-order chi connectivity index (χ1) is 13.5. The van der Waals surface area contributed by atoms with Crippen molar-refractivity contribution in [3.8, 4) is 11.5 Å². The maximum atomic E-state index is 13.5. The highest BCUT2D eigenvalue weighted by molar-refractivity contribution is 14.0. The van der Waals surface area contributed by atoms with Crippen molar-refractivity contribution < 1.29 is 23.0 Å². The number of carbonyl (C=O) groups is 1. The minimum atomic E-state index is -0.749. The van der Waals surface area contributed by atoms with Gasteiger partial charge >= 0.3 is 0 Å². The highest BCUT2D eigenvalue weighted by Crippen LogP contribution is 2.17. The van der Waals surface area contributed by atoms with Crippen molar-refractivity contribution in [2.75, 3.05) is 26.8 Å². The van der Waals surface area contributed by atoms with Gasteiger partial charge in [0.25, 0.3) is 5.91 Å². The molecule has 0 aliphatic rings. The molecule has 0 radical (unpaired) electrons. The summed E-state index contributed by atoms with van der Waals surface area (Å²) in [4.78, 5) is 14.9. The Labute approximate surface area is 184 Å². The smallest absolute Gasteiger partial charge is 0.255 e. The van der Waals surface area contributed by atoms with E-state index in [-0.39, 0.29) is 42.9 Å². The Balaban J connectivity index is 0.00000420. The van der Waals surface area contributed by atoms with E-state index in [4.69, 9.17) is 15.2 Å². The number of nitrogens with zero attached hydrogens (tertiary/aromatic N) is 1. The summed E-state index contributed by atoms with van der Waals surface area (Å²) in [6.45, 7) is 0.799. The van der Waals surface area contributed by atoms with Gasteiger partial charge < -0.3 is 25.8 Å². The van der Waals surface area contributed by atoms with E-state index < -0.39 is 17.5 Å². The van der Waals surface area contributed by atoms with Crippen LogP contribution in [0.3, 0.4) is 0 Å². The summed E-state index contributed by atoms with van der Waals surface area (Å²) in [7, 11) is 1.61. The Kier molecular flexibility index (Phi) is 10.7. The number of hydrogen-bond acceptors (Lipinski definition) is 4. The molecule has 2 rings (SSSR count). The average Bonchev–Trinajstić information content (AvgIpc) is 2.67. The lowest BCUT2D eigenvalue weighted by Gasteiger charge is -2.13. The lowest BCUT2D eigenvalue weighted by Crippen LogP contribution is -2.38. The monoisotopic (exact) mass is 520 g/mol. The van der Waals surface area contributed by atoms with Gasteiger partial charge in [0.1, 0.15) is 18.2 Å². The van der Waals surface area contributed by atoms with Crippen LogP contribution in [-0.4, -0.2) is 38.7 Å². The number of carbonyl (C=O) groups excluding carboxylic acids is 1. The van der Waals surface area contributed by atoms with Gasteiger partial charge in [-0.3, -0.25) is 9.79 Å². The number of amides is 1. The molecule has 0 bridgehead atoms. The summed E-state index contributed by atoms with van der Waals surface area (Å²) >= 11 is 0. The second-order valence-electron chi connectivity index (χ2n) is 5.68. The Hall–Kier alpha value is -2.63. The van der Waals surface area contributed by atoms with Gasteiger partial charge in [-0.15, -0.1) is 24.0 Å². The average molecular weight is 520 g/mol. The maximum Gasteiger partial charge on any atom is 0.255 e. The minimum Gasteiger partial charge on any atom is -0.489 e. The first-order valence-electron chi connectivity index (χ1n) is 8.50. The molecule has 0 saturated carbocycles. The van der Waals surface area contributed by atoms with Crippen LogP contribution in [0.1, 0.15) is 5.56 Å². The fraction of sp³-hybridized carbons (Fsp3) is 0.263. The molecule has 4 N–H and O–H groups in total. The lowest BCUT2D eigenvalue weighted by molar-refractivity contribution is -0.119. The van der Waals surface area contributed by atoms with E-state index in [1.807, 2.05) is 6.07 Å². The van der Waals surface area contributed by atoms with Crippen molar-refractivity contribution in [1.29, 1.82) is 0 Å². The molecule has 0 saturated heterocycles. The van der Waals surface area contributed by atoms with E-state index in [1.54, 1.807) is 25.2 Å². The number of primary amides is 1. The minimum absolute atomic E-state index is 0. The molecule has 158 valence electrons. The topological polar surface area (TPSA) is 98.0 Å². The van der Waals surface area contributed by atoms with Gasteiger partial charge in [0, 0.05) is 19.7 Å². The number of ether oxygens (including phenoxy) is 2. The van der Waals surface area contributed by atoms with Gasteiger partial charge in [0.15, 0.2) is 24.1 Å². The second-order valence-corrected chi connectivity index (χ2v) is 5.68. The van der Waals surface area contributed by atoms with Gasteiger partial charge in [-0.1, -0.05) is 12.1 Å². The molecule has 0 spiro atoms. The normalized spacial score (nSPS) is 10.7. The van der Waals surface area contributed by atoms with Crippen LogP contribution in [-0.2, 0) is 11.3 Å². The fourth-order valence-corrected chi connectivity index (χ4v) is 2.23. The third kappa shape index (κ3) is 8.94. The number of hydrogen-bond donors (Lipinski definition) is 3. The zero-order chi connectivity index (χ0) is 20.4. The molecule has 0 heterocycles. The van der Waals surface area contributed by atoms with Crippen LogP contribution in [0.4, 0.5) is 8.78 Å². The van der Waals surface area contributed by atoms with Gasteiger partial charge in [-0.25, -0.2) is 8.78 Å². The Bertz CT molecular complexity index is 837. The fourth-order valence-electron chi connectivity index (χ4n) is 2.23. The SMILES string of the molecule is CN=C(NCCOc1ccc(F)cc1F)NCc1cccc(OCC(N)=O)c1.I. The van der Waals surface area contributed by atoms with Crippen molar-refractivity contribution >= 4 is 35.8 Å². The summed E-state index contributed by atoms with van der Waals surface area (Å²) in [5, 5.41) is 6.13. The highest BCUT2D eigenvalue weighted by atomic mass is 127. The van der Waals surface area contributed by atoms with Gasteiger partial charge in [-0.2, -0.15) is 0 Å². The van der Waals surface area contributed by atoms with Crippen LogP contribution < -0.4 is 25.8 Å². The first-order valence-corrected chi connectivity index (χ1v) is 8.50. The molecule has 2 aromatic rings. The number of benzene rings is 2.